The lowest BCUT2D eigenvalue weighted by Gasteiger charge is -2.16. The molecule has 4 nitrogen and oxygen atoms in total. The molecule has 0 unspecified atom stereocenters. The molecule has 0 N–H and O–H groups in total. The van der Waals surface area contributed by atoms with E-state index in [9.17, 15) is 17.6 Å². The van der Waals surface area contributed by atoms with Gasteiger partial charge in [-0.25, -0.2) is 8.78 Å². The lowest BCUT2D eigenvalue weighted by atomic mass is 10.0. The van der Waals surface area contributed by atoms with E-state index in [1.165, 1.54) is 33.5 Å². The summed E-state index contributed by atoms with van der Waals surface area (Å²) in [4.78, 5) is 2.51. The summed E-state index contributed by atoms with van der Waals surface area (Å²) in [5.74, 6) is -6.74. The van der Waals surface area contributed by atoms with Crippen molar-refractivity contribution >= 4 is 0 Å². The molecule has 22 heavy (non-hydrogen) atoms. The first kappa shape index (κ1) is 15.9. The van der Waals surface area contributed by atoms with Crippen LogP contribution in [0.15, 0.2) is 12.1 Å². The lowest BCUT2D eigenvalue weighted by Crippen LogP contribution is -2.05. The molecule has 0 fully saturated rings. The second-order valence-electron chi connectivity index (χ2n) is 4.10. The van der Waals surface area contributed by atoms with Gasteiger partial charge in [0.1, 0.15) is 17.2 Å². The Hall–Kier alpha value is -2.51. The molecule has 0 bridgehead atoms. The van der Waals surface area contributed by atoms with Crippen LogP contribution in [0.1, 0.15) is 0 Å². The van der Waals surface area contributed by atoms with Crippen LogP contribution in [-0.4, -0.2) is 26.3 Å². The molecule has 1 aromatic heterocycles. The topological polar surface area (TPSA) is 40.6 Å². The summed E-state index contributed by atoms with van der Waals surface area (Å²) in [6, 6.07) is 2.60. The van der Waals surface area contributed by atoms with Gasteiger partial charge in [-0.05, 0) is 0 Å². The monoisotopic (exact) mass is 317 g/mol. The minimum atomic E-state index is -1.77. The van der Waals surface area contributed by atoms with E-state index in [1.807, 2.05) is 0 Å². The maximum atomic E-state index is 14.0. The maximum absolute atomic E-state index is 14.0. The van der Waals surface area contributed by atoms with Crippen LogP contribution in [0.3, 0.4) is 0 Å². The highest BCUT2D eigenvalue weighted by Crippen LogP contribution is 2.44. The number of methoxy groups -OCH3 is 3. The Kier molecular flexibility index (Phi) is 4.39. The largest absolute Gasteiger partial charge is 0.496 e. The van der Waals surface area contributed by atoms with Gasteiger partial charge < -0.3 is 14.2 Å². The third-order valence-electron chi connectivity index (χ3n) is 2.96. The predicted molar refractivity (Wildman–Crippen MR) is 69.2 cm³/mol. The summed E-state index contributed by atoms with van der Waals surface area (Å²) in [6.45, 7) is 0. The standard InChI is InChI=1S/C14H11F4NO3/c1-20-6-4-7(21-2)9(8(5-6)22-3)10-11(15)13(17)19-14(18)12(10)16/h4-5H,1-3H3. The molecule has 2 rings (SSSR count). The minimum absolute atomic E-state index is 0.0843. The molecule has 0 saturated heterocycles. The molecule has 0 aliphatic heterocycles. The van der Waals surface area contributed by atoms with E-state index in [0.717, 1.165) is 0 Å². The molecule has 0 aliphatic rings. The van der Waals surface area contributed by atoms with Crippen LogP contribution in [0.2, 0.25) is 0 Å². The van der Waals surface area contributed by atoms with Gasteiger partial charge in [0, 0.05) is 12.1 Å². The molecule has 0 aliphatic carbocycles. The summed E-state index contributed by atoms with van der Waals surface area (Å²) < 4.78 is 69.6. The summed E-state index contributed by atoms with van der Waals surface area (Å²) in [6.07, 6.45) is 0. The average Bonchev–Trinajstić information content (AvgIpc) is 2.52. The molecular formula is C14H11F4NO3. The van der Waals surface area contributed by atoms with Gasteiger partial charge in [0.05, 0.1) is 32.5 Å². The number of nitrogens with zero attached hydrogens (tertiary/aromatic N) is 1. The van der Waals surface area contributed by atoms with E-state index in [0.29, 0.717) is 0 Å². The number of rotatable bonds is 4. The summed E-state index contributed by atoms with van der Waals surface area (Å²) in [5.41, 5.74) is -1.26. The number of halogens is 4. The first-order valence-corrected chi connectivity index (χ1v) is 5.94. The zero-order valence-electron chi connectivity index (χ0n) is 11.8. The third kappa shape index (κ3) is 2.51. The normalized spacial score (nSPS) is 10.5. The van der Waals surface area contributed by atoms with Crippen molar-refractivity contribution in [2.24, 2.45) is 0 Å². The Labute approximate surface area is 123 Å². The SMILES string of the molecule is COc1cc(OC)c(-c2c(F)c(F)nc(F)c2F)c(OC)c1. The first-order valence-electron chi connectivity index (χ1n) is 5.94. The van der Waals surface area contributed by atoms with Crippen LogP contribution in [0.5, 0.6) is 17.2 Å². The van der Waals surface area contributed by atoms with Crippen LogP contribution in [0.4, 0.5) is 17.6 Å². The summed E-state index contributed by atoms with van der Waals surface area (Å²) >= 11 is 0. The van der Waals surface area contributed by atoms with Crippen molar-refractivity contribution in [3.63, 3.8) is 0 Å². The van der Waals surface area contributed by atoms with Crippen molar-refractivity contribution in [3.05, 3.63) is 35.7 Å². The number of aromatic nitrogens is 1. The zero-order chi connectivity index (χ0) is 16.4. The van der Waals surface area contributed by atoms with E-state index in [4.69, 9.17) is 14.2 Å². The van der Waals surface area contributed by atoms with Crippen molar-refractivity contribution in [1.29, 1.82) is 0 Å². The highest BCUT2D eigenvalue weighted by atomic mass is 19.2. The third-order valence-corrected chi connectivity index (χ3v) is 2.96. The summed E-state index contributed by atoms with van der Waals surface area (Å²) in [5, 5.41) is 0. The number of hydrogen-bond donors (Lipinski definition) is 0. The van der Waals surface area contributed by atoms with Crippen molar-refractivity contribution in [2.75, 3.05) is 21.3 Å². The van der Waals surface area contributed by atoms with Crippen molar-refractivity contribution in [3.8, 4) is 28.4 Å². The van der Waals surface area contributed by atoms with Crippen LogP contribution in [-0.2, 0) is 0 Å². The van der Waals surface area contributed by atoms with Gasteiger partial charge in [-0.2, -0.15) is 13.8 Å². The second kappa shape index (κ2) is 6.08. The van der Waals surface area contributed by atoms with Crippen molar-refractivity contribution in [2.45, 2.75) is 0 Å². The van der Waals surface area contributed by atoms with Gasteiger partial charge in [0.25, 0.3) is 11.9 Å². The van der Waals surface area contributed by atoms with Crippen LogP contribution >= 0.6 is 0 Å². The van der Waals surface area contributed by atoms with Gasteiger partial charge in [0.15, 0.2) is 11.6 Å². The number of pyridine rings is 1. The number of hydrogen-bond acceptors (Lipinski definition) is 4. The molecule has 0 atom stereocenters. The highest BCUT2D eigenvalue weighted by molar-refractivity contribution is 5.79. The molecule has 1 aromatic carbocycles. The van der Waals surface area contributed by atoms with Gasteiger partial charge in [-0.3, -0.25) is 0 Å². The van der Waals surface area contributed by atoms with Crippen LogP contribution in [0.25, 0.3) is 11.1 Å². The van der Waals surface area contributed by atoms with E-state index >= 15 is 0 Å². The Balaban J connectivity index is 2.88. The van der Waals surface area contributed by atoms with Crippen LogP contribution < -0.4 is 14.2 Å². The number of benzene rings is 1. The van der Waals surface area contributed by atoms with E-state index in [-0.39, 0.29) is 22.8 Å². The molecule has 0 radical (unpaired) electrons. The maximum Gasteiger partial charge on any atom is 0.252 e. The molecule has 118 valence electrons. The highest BCUT2D eigenvalue weighted by Gasteiger charge is 2.27. The Morgan fingerprint density at radius 1 is 0.727 bits per heavy atom. The second-order valence-corrected chi connectivity index (χ2v) is 4.10. The fourth-order valence-corrected chi connectivity index (χ4v) is 1.96. The van der Waals surface area contributed by atoms with Gasteiger partial charge >= 0.3 is 0 Å². The molecule has 1 heterocycles. The smallest absolute Gasteiger partial charge is 0.252 e. The van der Waals surface area contributed by atoms with E-state index in [1.54, 1.807) is 0 Å². The average molecular weight is 317 g/mol. The molecule has 0 amide bonds. The zero-order valence-corrected chi connectivity index (χ0v) is 11.8. The summed E-state index contributed by atoms with van der Waals surface area (Å²) in [7, 11) is 3.81. The fraction of sp³-hybridized carbons (Fsp3) is 0.214. The number of ether oxygens (including phenoxy) is 3. The Morgan fingerprint density at radius 2 is 1.18 bits per heavy atom. The Morgan fingerprint density at radius 3 is 1.55 bits per heavy atom. The fourth-order valence-electron chi connectivity index (χ4n) is 1.96. The molecule has 0 spiro atoms. The van der Waals surface area contributed by atoms with Crippen molar-refractivity contribution < 1.29 is 31.8 Å². The Bertz CT molecular complexity index is 670. The lowest BCUT2D eigenvalue weighted by molar-refractivity contribution is 0.374. The van der Waals surface area contributed by atoms with Gasteiger partial charge in [0.2, 0.25) is 0 Å². The quantitative estimate of drug-likeness (QED) is 0.641. The van der Waals surface area contributed by atoms with Gasteiger partial charge in [-0.15, -0.1) is 0 Å². The van der Waals surface area contributed by atoms with E-state index in [2.05, 4.69) is 4.98 Å². The molecule has 8 heteroatoms. The van der Waals surface area contributed by atoms with Crippen LogP contribution in [0, 0.1) is 23.5 Å². The first-order chi connectivity index (χ1) is 10.4. The van der Waals surface area contributed by atoms with E-state index < -0.39 is 29.1 Å². The minimum Gasteiger partial charge on any atom is -0.496 e. The van der Waals surface area contributed by atoms with Gasteiger partial charge in [-0.1, -0.05) is 0 Å². The predicted octanol–water partition coefficient (Wildman–Crippen LogP) is 3.33. The molecule has 2 aromatic rings. The molecule has 0 saturated carbocycles. The van der Waals surface area contributed by atoms with Crippen molar-refractivity contribution in [1.82, 2.24) is 4.98 Å². The molecular weight excluding hydrogens is 306 g/mol.